The fraction of sp³-hybridized carbons (Fsp3) is 0.800. The molecule has 0 heterocycles. The van der Waals surface area contributed by atoms with Gasteiger partial charge in [-0.15, -0.1) is 0 Å². The lowest BCUT2D eigenvalue weighted by Gasteiger charge is -2.35. The Labute approximate surface area is 140 Å². The van der Waals surface area contributed by atoms with Crippen LogP contribution < -0.4 is 5.32 Å². The molecule has 0 aromatic carbocycles. The molecule has 1 N–H and O–H groups in total. The number of hydrogen-bond acceptors (Lipinski definition) is 6. The van der Waals surface area contributed by atoms with Crippen LogP contribution >= 0.6 is 0 Å². The van der Waals surface area contributed by atoms with E-state index in [1.54, 1.807) is 27.7 Å². The number of nitrogens with one attached hydrogen (secondary N) is 1. The van der Waals surface area contributed by atoms with Gasteiger partial charge in [0.25, 0.3) is 5.92 Å². The van der Waals surface area contributed by atoms with E-state index in [4.69, 9.17) is 4.74 Å². The first-order valence-corrected chi connectivity index (χ1v) is 7.42. The molecule has 0 radical (unpaired) electrons. The standard InChI is InChI=1S/C15H25F2NO6/c1-7-23-10(19)8-9-15(16,17)14(5,11(20)22-6)18-12(21)24-13(2,3)4/h7-9H2,1-6H3,(H,18,21). The molecule has 0 saturated carbocycles. The Morgan fingerprint density at radius 3 is 2.04 bits per heavy atom. The molecular formula is C15H25F2NO6. The van der Waals surface area contributed by atoms with Gasteiger partial charge in [0, 0.05) is 6.42 Å². The van der Waals surface area contributed by atoms with E-state index in [1.807, 2.05) is 5.32 Å². The summed E-state index contributed by atoms with van der Waals surface area (Å²) in [4.78, 5) is 35.0. The highest BCUT2D eigenvalue weighted by atomic mass is 19.3. The number of hydrogen-bond donors (Lipinski definition) is 1. The van der Waals surface area contributed by atoms with Crippen LogP contribution in [-0.4, -0.2) is 48.8 Å². The van der Waals surface area contributed by atoms with Crippen LogP contribution in [0.4, 0.5) is 13.6 Å². The maximum absolute atomic E-state index is 14.5. The molecule has 0 bridgehead atoms. The second kappa shape index (κ2) is 8.25. The number of rotatable bonds is 7. The van der Waals surface area contributed by atoms with Crippen LogP contribution in [0.3, 0.4) is 0 Å². The van der Waals surface area contributed by atoms with Crippen molar-refractivity contribution in [2.75, 3.05) is 13.7 Å². The summed E-state index contributed by atoms with van der Waals surface area (Å²) < 4.78 is 42.9. The molecule has 0 aliphatic carbocycles. The molecule has 0 spiro atoms. The average molecular weight is 353 g/mol. The van der Waals surface area contributed by atoms with Crippen molar-refractivity contribution in [3.63, 3.8) is 0 Å². The largest absolute Gasteiger partial charge is 0.467 e. The third-order valence-corrected chi connectivity index (χ3v) is 3.02. The van der Waals surface area contributed by atoms with Crippen molar-refractivity contribution in [1.82, 2.24) is 5.32 Å². The molecule has 24 heavy (non-hydrogen) atoms. The maximum Gasteiger partial charge on any atom is 0.408 e. The summed E-state index contributed by atoms with van der Waals surface area (Å²) in [6, 6.07) is 0. The lowest BCUT2D eigenvalue weighted by atomic mass is 9.90. The molecule has 1 amide bonds. The van der Waals surface area contributed by atoms with E-state index in [2.05, 4.69) is 9.47 Å². The third kappa shape index (κ3) is 6.29. The molecule has 9 heteroatoms. The summed E-state index contributed by atoms with van der Waals surface area (Å²) >= 11 is 0. The van der Waals surface area contributed by atoms with Gasteiger partial charge in [-0.25, -0.2) is 18.4 Å². The van der Waals surface area contributed by atoms with Gasteiger partial charge in [0.1, 0.15) is 5.60 Å². The summed E-state index contributed by atoms with van der Waals surface area (Å²) in [5.74, 6) is -5.96. The van der Waals surface area contributed by atoms with Gasteiger partial charge in [-0.05, 0) is 34.6 Å². The molecule has 1 unspecified atom stereocenters. The fourth-order valence-electron chi connectivity index (χ4n) is 1.75. The second-order valence-corrected chi connectivity index (χ2v) is 6.25. The van der Waals surface area contributed by atoms with Gasteiger partial charge < -0.3 is 19.5 Å². The fourth-order valence-corrected chi connectivity index (χ4v) is 1.75. The zero-order valence-corrected chi connectivity index (χ0v) is 14.8. The zero-order valence-electron chi connectivity index (χ0n) is 14.8. The number of carbonyl (C=O) groups is 3. The van der Waals surface area contributed by atoms with E-state index in [0.717, 1.165) is 14.0 Å². The van der Waals surface area contributed by atoms with Crippen molar-refractivity contribution in [3.8, 4) is 0 Å². The molecule has 0 aromatic heterocycles. The van der Waals surface area contributed by atoms with Crippen LogP contribution in [0, 0.1) is 0 Å². The lowest BCUT2D eigenvalue weighted by molar-refractivity contribution is -0.170. The van der Waals surface area contributed by atoms with Gasteiger partial charge in [0.15, 0.2) is 0 Å². The minimum absolute atomic E-state index is 0.0504. The van der Waals surface area contributed by atoms with Gasteiger partial charge in [0.05, 0.1) is 20.1 Å². The Balaban J connectivity index is 5.30. The molecule has 1 atom stereocenters. The Morgan fingerprint density at radius 2 is 1.62 bits per heavy atom. The van der Waals surface area contributed by atoms with E-state index in [9.17, 15) is 23.2 Å². The highest BCUT2D eigenvalue weighted by Gasteiger charge is 2.58. The summed E-state index contributed by atoms with van der Waals surface area (Å²) in [7, 11) is 0.915. The Bertz CT molecular complexity index is 475. The monoisotopic (exact) mass is 353 g/mol. The highest BCUT2D eigenvalue weighted by Crippen LogP contribution is 2.34. The topological polar surface area (TPSA) is 90.9 Å². The van der Waals surface area contributed by atoms with Crippen LogP contribution in [0.1, 0.15) is 47.5 Å². The van der Waals surface area contributed by atoms with Crippen LogP contribution in [-0.2, 0) is 23.8 Å². The molecule has 0 saturated heterocycles. The molecular weight excluding hydrogens is 328 g/mol. The van der Waals surface area contributed by atoms with Gasteiger partial charge in [0.2, 0.25) is 5.54 Å². The number of carbonyl (C=O) groups excluding carboxylic acids is 3. The van der Waals surface area contributed by atoms with Gasteiger partial charge in [-0.2, -0.15) is 0 Å². The van der Waals surface area contributed by atoms with Gasteiger partial charge in [-0.3, -0.25) is 4.79 Å². The predicted octanol–water partition coefficient (Wildman–Crippen LogP) is 2.42. The van der Waals surface area contributed by atoms with Crippen molar-refractivity contribution in [2.45, 2.75) is 64.5 Å². The number of amides is 1. The van der Waals surface area contributed by atoms with E-state index >= 15 is 0 Å². The first-order valence-electron chi connectivity index (χ1n) is 7.42. The maximum atomic E-state index is 14.5. The predicted molar refractivity (Wildman–Crippen MR) is 80.6 cm³/mol. The zero-order chi connectivity index (χ0) is 19.2. The number of halogens is 2. The lowest BCUT2D eigenvalue weighted by Crippen LogP contribution is -2.64. The molecule has 7 nitrogen and oxygen atoms in total. The third-order valence-electron chi connectivity index (χ3n) is 3.02. The van der Waals surface area contributed by atoms with Crippen molar-refractivity contribution < 1.29 is 37.4 Å². The minimum atomic E-state index is -3.77. The number of esters is 2. The summed E-state index contributed by atoms with van der Waals surface area (Å²) in [5.41, 5.74) is -3.64. The average Bonchev–Trinajstić information content (AvgIpc) is 2.42. The van der Waals surface area contributed by atoms with Gasteiger partial charge in [-0.1, -0.05) is 0 Å². The van der Waals surface area contributed by atoms with Crippen LogP contribution in [0.5, 0.6) is 0 Å². The molecule has 0 aliphatic heterocycles. The molecule has 0 rings (SSSR count). The van der Waals surface area contributed by atoms with Crippen molar-refractivity contribution >= 4 is 18.0 Å². The molecule has 0 fully saturated rings. The Kier molecular flexibility index (Phi) is 7.59. The summed E-state index contributed by atoms with van der Waals surface area (Å²) in [5, 5.41) is 1.86. The second-order valence-electron chi connectivity index (χ2n) is 6.25. The van der Waals surface area contributed by atoms with Crippen molar-refractivity contribution in [3.05, 3.63) is 0 Å². The molecule has 0 aromatic rings. The van der Waals surface area contributed by atoms with E-state index < -0.39 is 47.9 Å². The normalized spacial score (nSPS) is 14.3. The van der Waals surface area contributed by atoms with Crippen LogP contribution in [0.15, 0.2) is 0 Å². The highest BCUT2D eigenvalue weighted by molar-refractivity contribution is 5.86. The van der Waals surface area contributed by atoms with Crippen molar-refractivity contribution in [2.24, 2.45) is 0 Å². The molecule has 0 aliphatic rings. The smallest absolute Gasteiger partial charge is 0.408 e. The Hall–Kier alpha value is -1.93. The van der Waals surface area contributed by atoms with E-state index in [-0.39, 0.29) is 6.61 Å². The number of methoxy groups -OCH3 is 1. The summed E-state index contributed by atoms with van der Waals surface area (Å²) in [6.07, 6.45) is -2.83. The first kappa shape index (κ1) is 22.1. The quantitative estimate of drug-likeness (QED) is 0.558. The number of alkyl carbamates (subject to hydrolysis) is 1. The minimum Gasteiger partial charge on any atom is -0.467 e. The van der Waals surface area contributed by atoms with E-state index in [0.29, 0.717) is 0 Å². The summed E-state index contributed by atoms with van der Waals surface area (Å²) in [6.45, 7) is 7.03. The van der Waals surface area contributed by atoms with E-state index in [1.165, 1.54) is 0 Å². The van der Waals surface area contributed by atoms with Gasteiger partial charge >= 0.3 is 18.0 Å². The molecule has 140 valence electrons. The van der Waals surface area contributed by atoms with Crippen molar-refractivity contribution in [1.29, 1.82) is 0 Å². The van der Waals surface area contributed by atoms with Crippen LogP contribution in [0.25, 0.3) is 0 Å². The number of alkyl halides is 2. The van der Waals surface area contributed by atoms with Crippen LogP contribution in [0.2, 0.25) is 0 Å². The Morgan fingerprint density at radius 1 is 1.08 bits per heavy atom. The SMILES string of the molecule is CCOC(=O)CCC(F)(F)C(C)(NC(=O)OC(C)(C)C)C(=O)OC. The number of ether oxygens (including phenoxy) is 3. The first-order chi connectivity index (χ1) is 10.8.